The highest BCUT2D eigenvalue weighted by Gasteiger charge is 2.06. The Hall–Kier alpha value is -2.47. The molecule has 6 nitrogen and oxygen atoms in total. The van der Waals surface area contributed by atoms with E-state index in [9.17, 15) is 0 Å². The van der Waals surface area contributed by atoms with Crippen molar-refractivity contribution in [1.82, 2.24) is 25.1 Å². The van der Waals surface area contributed by atoms with E-state index in [0.717, 1.165) is 17.1 Å². The number of nitrogens with one attached hydrogen (secondary N) is 1. The molecule has 0 amide bonds. The molecule has 3 rings (SSSR count). The molecular weight excluding hydrogens is 242 g/mol. The Bertz CT molecular complexity index is 618. The van der Waals surface area contributed by atoms with Crippen molar-refractivity contribution in [3.05, 3.63) is 60.7 Å². The standard InChI is InChI=1S/C13H13N5O/c1-3-11(7-14-8-12-4-2-6-19-12)13(16-5-1)18-10-15-9-17-18/h1-6,9-10,14H,7-8H2. The van der Waals surface area contributed by atoms with Gasteiger partial charge in [-0.05, 0) is 18.2 Å². The summed E-state index contributed by atoms with van der Waals surface area (Å²) in [6, 6.07) is 7.74. The summed E-state index contributed by atoms with van der Waals surface area (Å²) in [6.45, 7) is 1.36. The SMILES string of the molecule is c1coc(CNCc2cccnc2-n2cncn2)c1. The molecule has 0 spiro atoms. The van der Waals surface area contributed by atoms with E-state index in [2.05, 4.69) is 20.4 Å². The molecule has 0 radical (unpaired) electrons. The molecule has 3 aromatic heterocycles. The smallest absolute Gasteiger partial charge is 0.159 e. The van der Waals surface area contributed by atoms with E-state index >= 15 is 0 Å². The Labute approximate surface area is 110 Å². The average molecular weight is 255 g/mol. The zero-order valence-electron chi connectivity index (χ0n) is 10.2. The molecule has 0 atom stereocenters. The minimum atomic E-state index is 0.679. The van der Waals surface area contributed by atoms with Crippen LogP contribution >= 0.6 is 0 Å². The van der Waals surface area contributed by atoms with Gasteiger partial charge in [0.2, 0.25) is 0 Å². The summed E-state index contributed by atoms with van der Waals surface area (Å²) in [6.07, 6.45) is 6.54. The lowest BCUT2D eigenvalue weighted by atomic mass is 10.2. The summed E-state index contributed by atoms with van der Waals surface area (Å²) in [5, 5.41) is 7.41. The fraction of sp³-hybridized carbons (Fsp3) is 0.154. The summed E-state index contributed by atoms with van der Waals surface area (Å²) in [5.41, 5.74) is 1.06. The molecular formula is C13H13N5O. The predicted molar refractivity (Wildman–Crippen MR) is 68.4 cm³/mol. The van der Waals surface area contributed by atoms with Crippen molar-refractivity contribution in [2.75, 3.05) is 0 Å². The minimum Gasteiger partial charge on any atom is -0.468 e. The molecule has 0 aliphatic rings. The van der Waals surface area contributed by atoms with E-state index in [1.165, 1.54) is 6.33 Å². The van der Waals surface area contributed by atoms with Gasteiger partial charge in [0.25, 0.3) is 0 Å². The Morgan fingerprint density at radius 3 is 3.00 bits per heavy atom. The Morgan fingerprint density at radius 2 is 2.21 bits per heavy atom. The number of furan rings is 1. The fourth-order valence-electron chi connectivity index (χ4n) is 1.83. The second kappa shape index (κ2) is 5.45. The van der Waals surface area contributed by atoms with Crippen LogP contribution in [0.5, 0.6) is 0 Å². The quantitative estimate of drug-likeness (QED) is 0.749. The first-order valence-electron chi connectivity index (χ1n) is 5.95. The molecule has 1 N–H and O–H groups in total. The topological polar surface area (TPSA) is 68.8 Å². The zero-order valence-corrected chi connectivity index (χ0v) is 10.2. The van der Waals surface area contributed by atoms with Gasteiger partial charge in [0.1, 0.15) is 18.4 Å². The molecule has 0 saturated heterocycles. The van der Waals surface area contributed by atoms with Crippen LogP contribution < -0.4 is 5.32 Å². The van der Waals surface area contributed by atoms with Gasteiger partial charge in [-0.1, -0.05) is 6.07 Å². The van der Waals surface area contributed by atoms with E-state index in [1.807, 2.05) is 24.3 Å². The first kappa shape index (κ1) is 11.6. The van der Waals surface area contributed by atoms with Gasteiger partial charge >= 0.3 is 0 Å². The van der Waals surface area contributed by atoms with E-state index < -0.39 is 0 Å². The van der Waals surface area contributed by atoms with E-state index in [-0.39, 0.29) is 0 Å². The number of rotatable bonds is 5. The van der Waals surface area contributed by atoms with Gasteiger partial charge < -0.3 is 9.73 Å². The normalized spacial score (nSPS) is 10.7. The fourth-order valence-corrected chi connectivity index (χ4v) is 1.83. The largest absolute Gasteiger partial charge is 0.468 e. The van der Waals surface area contributed by atoms with Crippen LogP contribution in [0.4, 0.5) is 0 Å². The molecule has 0 fully saturated rings. The summed E-state index contributed by atoms with van der Waals surface area (Å²) in [7, 11) is 0. The molecule has 0 aliphatic carbocycles. The van der Waals surface area contributed by atoms with Crippen LogP contribution in [0.3, 0.4) is 0 Å². The highest BCUT2D eigenvalue weighted by molar-refractivity contribution is 5.31. The lowest BCUT2D eigenvalue weighted by Gasteiger charge is -2.08. The molecule has 96 valence electrons. The molecule has 0 aliphatic heterocycles. The number of hydrogen-bond donors (Lipinski definition) is 1. The van der Waals surface area contributed by atoms with Gasteiger partial charge in [0, 0.05) is 18.3 Å². The number of pyridine rings is 1. The van der Waals surface area contributed by atoms with Crippen molar-refractivity contribution in [2.45, 2.75) is 13.1 Å². The van der Waals surface area contributed by atoms with Gasteiger partial charge in [-0.25, -0.2) is 14.6 Å². The summed E-state index contributed by atoms with van der Waals surface area (Å²) in [4.78, 5) is 8.27. The van der Waals surface area contributed by atoms with Gasteiger partial charge in [0.15, 0.2) is 5.82 Å². The molecule has 0 aromatic carbocycles. The molecule has 3 aromatic rings. The van der Waals surface area contributed by atoms with Crippen LogP contribution in [0.15, 0.2) is 53.8 Å². The molecule has 0 bridgehead atoms. The molecule has 19 heavy (non-hydrogen) atoms. The molecule has 3 heterocycles. The highest BCUT2D eigenvalue weighted by atomic mass is 16.3. The summed E-state index contributed by atoms with van der Waals surface area (Å²) in [5.74, 6) is 1.69. The first-order chi connectivity index (χ1) is 9.43. The number of aromatic nitrogens is 4. The Morgan fingerprint density at radius 1 is 1.21 bits per heavy atom. The second-order valence-corrected chi connectivity index (χ2v) is 4.01. The van der Waals surface area contributed by atoms with E-state index in [4.69, 9.17) is 4.42 Å². The van der Waals surface area contributed by atoms with Crippen molar-refractivity contribution in [2.24, 2.45) is 0 Å². The average Bonchev–Trinajstić information content (AvgIpc) is 3.12. The van der Waals surface area contributed by atoms with Crippen LogP contribution in [0.25, 0.3) is 5.82 Å². The third-order valence-electron chi connectivity index (χ3n) is 2.70. The van der Waals surface area contributed by atoms with Gasteiger partial charge in [0.05, 0.1) is 12.8 Å². The third kappa shape index (κ3) is 2.69. The van der Waals surface area contributed by atoms with E-state index in [1.54, 1.807) is 23.5 Å². The maximum Gasteiger partial charge on any atom is 0.159 e. The van der Waals surface area contributed by atoms with Crippen molar-refractivity contribution in [3.8, 4) is 5.82 Å². The van der Waals surface area contributed by atoms with Gasteiger partial charge in [-0.15, -0.1) is 0 Å². The van der Waals surface area contributed by atoms with E-state index in [0.29, 0.717) is 13.1 Å². The third-order valence-corrected chi connectivity index (χ3v) is 2.70. The lowest BCUT2D eigenvalue weighted by molar-refractivity contribution is 0.482. The van der Waals surface area contributed by atoms with Gasteiger partial charge in [-0.3, -0.25) is 0 Å². The van der Waals surface area contributed by atoms with Crippen LogP contribution in [0.2, 0.25) is 0 Å². The first-order valence-corrected chi connectivity index (χ1v) is 5.95. The maximum absolute atomic E-state index is 5.27. The van der Waals surface area contributed by atoms with Crippen LogP contribution in [0.1, 0.15) is 11.3 Å². The van der Waals surface area contributed by atoms with Crippen molar-refractivity contribution < 1.29 is 4.42 Å². The molecule has 0 saturated carbocycles. The maximum atomic E-state index is 5.27. The summed E-state index contributed by atoms with van der Waals surface area (Å²) >= 11 is 0. The van der Waals surface area contributed by atoms with Crippen LogP contribution in [-0.4, -0.2) is 19.7 Å². The zero-order chi connectivity index (χ0) is 12.9. The van der Waals surface area contributed by atoms with Crippen molar-refractivity contribution >= 4 is 0 Å². The number of nitrogens with zero attached hydrogens (tertiary/aromatic N) is 4. The van der Waals surface area contributed by atoms with Crippen LogP contribution in [0, 0.1) is 0 Å². The highest BCUT2D eigenvalue weighted by Crippen LogP contribution is 2.09. The Kier molecular flexibility index (Phi) is 3.33. The number of hydrogen-bond acceptors (Lipinski definition) is 5. The summed E-state index contributed by atoms with van der Waals surface area (Å²) < 4.78 is 6.92. The van der Waals surface area contributed by atoms with Crippen molar-refractivity contribution in [1.29, 1.82) is 0 Å². The lowest BCUT2D eigenvalue weighted by Crippen LogP contribution is -2.15. The molecule has 6 heteroatoms. The van der Waals surface area contributed by atoms with Crippen molar-refractivity contribution in [3.63, 3.8) is 0 Å². The second-order valence-electron chi connectivity index (χ2n) is 4.01. The predicted octanol–water partition coefficient (Wildman–Crippen LogP) is 1.55. The van der Waals surface area contributed by atoms with Crippen LogP contribution in [-0.2, 0) is 13.1 Å². The monoisotopic (exact) mass is 255 g/mol. The van der Waals surface area contributed by atoms with Gasteiger partial charge in [-0.2, -0.15) is 5.10 Å². The molecule has 0 unspecified atom stereocenters. The Balaban J connectivity index is 1.71. The minimum absolute atomic E-state index is 0.679.